The van der Waals surface area contributed by atoms with Gasteiger partial charge in [-0.1, -0.05) is 0 Å². The van der Waals surface area contributed by atoms with Gasteiger partial charge in [0.25, 0.3) is 0 Å². The number of guanidine groups is 1. The third-order valence-corrected chi connectivity index (χ3v) is 4.47. The van der Waals surface area contributed by atoms with Crippen molar-refractivity contribution in [3.8, 4) is 0 Å². The predicted molar refractivity (Wildman–Crippen MR) is 107 cm³/mol. The molecule has 0 aromatic carbocycles. The summed E-state index contributed by atoms with van der Waals surface area (Å²) in [5.41, 5.74) is 4.85. The highest BCUT2D eigenvalue weighted by molar-refractivity contribution is 5.80. The first kappa shape index (κ1) is 20.0. The number of nitrogens with one attached hydrogen (secondary N) is 2. The second kappa shape index (κ2) is 9.40. The number of aryl methyl sites for hydroxylation is 4. The van der Waals surface area contributed by atoms with E-state index in [1.807, 2.05) is 22.6 Å². The Hall–Kier alpha value is -2.31. The average Bonchev–Trinajstić information content (AvgIpc) is 3.10. The predicted octanol–water partition coefficient (Wildman–Crippen LogP) is 2.12. The Morgan fingerprint density at radius 2 is 2.08 bits per heavy atom. The highest BCUT2D eigenvalue weighted by Gasteiger charge is 2.13. The van der Waals surface area contributed by atoms with E-state index in [1.54, 1.807) is 0 Å². The van der Waals surface area contributed by atoms with Crippen LogP contribution in [0.5, 0.6) is 0 Å². The molecule has 144 valence electrons. The Morgan fingerprint density at radius 3 is 2.65 bits per heavy atom. The van der Waals surface area contributed by atoms with Gasteiger partial charge in [0.05, 0.1) is 11.9 Å². The van der Waals surface area contributed by atoms with Crippen molar-refractivity contribution in [2.75, 3.05) is 13.1 Å². The lowest BCUT2D eigenvalue weighted by Crippen LogP contribution is -2.43. The molecule has 7 heteroatoms. The highest BCUT2D eigenvalue weighted by atomic mass is 15.3. The van der Waals surface area contributed by atoms with E-state index in [9.17, 15) is 0 Å². The Labute approximate surface area is 156 Å². The van der Waals surface area contributed by atoms with Crippen LogP contribution >= 0.6 is 0 Å². The summed E-state index contributed by atoms with van der Waals surface area (Å²) in [6, 6.07) is 0.281. The average molecular weight is 360 g/mol. The molecule has 2 aromatic heterocycles. The quantitative estimate of drug-likeness (QED) is 0.430. The van der Waals surface area contributed by atoms with Gasteiger partial charge in [-0.2, -0.15) is 10.2 Å². The Kier molecular flexibility index (Phi) is 7.24. The van der Waals surface area contributed by atoms with Gasteiger partial charge in [0.2, 0.25) is 0 Å². The molecule has 0 saturated heterocycles. The Balaban J connectivity index is 1.87. The fourth-order valence-corrected chi connectivity index (χ4v) is 3.04. The molecule has 0 radical (unpaired) electrons. The summed E-state index contributed by atoms with van der Waals surface area (Å²) >= 11 is 0. The standard InChI is InChI=1S/C19H33N7/c1-7-20-19(21-9-8-10-26-13-14(2)12-22-26)23-15(3)11-18-16(4)24-25(6)17(18)5/h12-13,15H,7-11H2,1-6H3,(H2,20,21,23). The molecule has 26 heavy (non-hydrogen) atoms. The van der Waals surface area contributed by atoms with Crippen molar-refractivity contribution in [3.05, 3.63) is 34.9 Å². The molecule has 0 bridgehead atoms. The zero-order valence-corrected chi connectivity index (χ0v) is 17.0. The van der Waals surface area contributed by atoms with Crippen molar-refractivity contribution in [1.29, 1.82) is 0 Å². The van der Waals surface area contributed by atoms with E-state index in [4.69, 9.17) is 4.99 Å². The lowest BCUT2D eigenvalue weighted by Gasteiger charge is -2.18. The maximum Gasteiger partial charge on any atom is 0.191 e. The molecule has 1 atom stereocenters. The molecule has 0 saturated carbocycles. The summed E-state index contributed by atoms with van der Waals surface area (Å²) in [6.07, 6.45) is 5.85. The zero-order chi connectivity index (χ0) is 19.1. The van der Waals surface area contributed by atoms with Crippen LogP contribution in [-0.2, 0) is 20.0 Å². The lowest BCUT2D eigenvalue weighted by atomic mass is 10.1. The molecule has 0 spiro atoms. The van der Waals surface area contributed by atoms with Crippen molar-refractivity contribution in [1.82, 2.24) is 30.2 Å². The molecule has 0 aliphatic rings. The maximum atomic E-state index is 4.70. The Morgan fingerprint density at radius 1 is 1.31 bits per heavy atom. The van der Waals surface area contributed by atoms with Crippen LogP contribution < -0.4 is 10.6 Å². The smallest absolute Gasteiger partial charge is 0.191 e. The summed E-state index contributed by atoms with van der Waals surface area (Å²) in [6.45, 7) is 13.0. The van der Waals surface area contributed by atoms with Crippen LogP contribution in [0.15, 0.2) is 17.4 Å². The lowest BCUT2D eigenvalue weighted by molar-refractivity contribution is 0.581. The second-order valence-electron chi connectivity index (χ2n) is 6.92. The number of hydrogen-bond acceptors (Lipinski definition) is 3. The monoisotopic (exact) mass is 359 g/mol. The maximum absolute atomic E-state index is 4.70. The molecule has 7 nitrogen and oxygen atoms in total. The van der Waals surface area contributed by atoms with E-state index < -0.39 is 0 Å². The number of aliphatic imine (C=N–C) groups is 1. The summed E-state index contributed by atoms with van der Waals surface area (Å²) in [5.74, 6) is 0.871. The number of aromatic nitrogens is 4. The van der Waals surface area contributed by atoms with E-state index in [0.717, 1.165) is 44.1 Å². The molecule has 2 heterocycles. The van der Waals surface area contributed by atoms with Gasteiger partial charge in [0, 0.05) is 44.6 Å². The molecule has 2 rings (SSSR count). The summed E-state index contributed by atoms with van der Waals surface area (Å²) in [4.78, 5) is 4.70. The normalized spacial score (nSPS) is 13.1. The van der Waals surface area contributed by atoms with Crippen LogP contribution in [0.1, 0.15) is 42.8 Å². The van der Waals surface area contributed by atoms with Gasteiger partial charge in [0.15, 0.2) is 5.96 Å². The van der Waals surface area contributed by atoms with Gasteiger partial charge >= 0.3 is 0 Å². The van der Waals surface area contributed by atoms with Crippen molar-refractivity contribution in [2.45, 2.75) is 60.0 Å². The summed E-state index contributed by atoms with van der Waals surface area (Å²) in [7, 11) is 2.00. The largest absolute Gasteiger partial charge is 0.357 e. The molecule has 0 fully saturated rings. The number of rotatable bonds is 8. The third kappa shape index (κ3) is 5.61. The van der Waals surface area contributed by atoms with E-state index in [-0.39, 0.29) is 6.04 Å². The van der Waals surface area contributed by atoms with E-state index in [1.165, 1.54) is 16.8 Å². The summed E-state index contributed by atoms with van der Waals surface area (Å²) in [5, 5.41) is 15.7. The van der Waals surface area contributed by atoms with Crippen LogP contribution in [0.2, 0.25) is 0 Å². The minimum atomic E-state index is 0.281. The molecule has 2 N–H and O–H groups in total. The topological polar surface area (TPSA) is 72.1 Å². The molecule has 0 aliphatic carbocycles. The molecule has 2 aromatic rings. The number of hydrogen-bond donors (Lipinski definition) is 2. The van der Waals surface area contributed by atoms with Gasteiger partial charge in [-0.05, 0) is 58.6 Å². The fourth-order valence-electron chi connectivity index (χ4n) is 3.04. The first-order valence-corrected chi connectivity index (χ1v) is 9.43. The molecule has 0 amide bonds. The third-order valence-electron chi connectivity index (χ3n) is 4.47. The number of nitrogens with zero attached hydrogens (tertiary/aromatic N) is 5. The van der Waals surface area contributed by atoms with Gasteiger partial charge < -0.3 is 10.6 Å². The minimum absolute atomic E-state index is 0.281. The molecular weight excluding hydrogens is 326 g/mol. The minimum Gasteiger partial charge on any atom is -0.357 e. The highest BCUT2D eigenvalue weighted by Crippen LogP contribution is 2.14. The zero-order valence-electron chi connectivity index (χ0n) is 17.0. The van der Waals surface area contributed by atoms with E-state index >= 15 is 0 Å². The van der Waals surface area contributed by atoms with Crippen LogP contribution in [0.25, 0.3) is 0 Å². The van der Waals surface area contributed by atoms with Crippen LogP contribution in [0.3, 0.4) is 0 Å². The SMILES string of the molecule is CCNC(=NCCCn1cc(C)cn1)NC(C)Cc1c(C)nn(C)c1C. The first-order valence-electron chi connectivity index (χ1n) is 9.43. The summed E-state index contributed by atoms with van der Waals surface area (Å²) < 4.78 is 3.93. The van der Waals surface area contributed by atoms with Crippen molar-refractivity contribution >= 4 is 5.96 Å². The van der Waals surface area contributed by atoms with Crippen molar-refractivity contribution in [3.63, 3.8) is 0 Å². The van der Waals surface area contributed by atoms with E-state index in [2.05, 4.69) is 61.6 Å². The Bertz CT molecular complexity index is 726. The fraction of sp³-hybridized carbons (Fsp3) is 0.632. The molecule has 0 aliphatic heterocycles. The van der Waals surface area contributed by atoms with E-state index in [0.29, 0.717) is 0 Å². The molecular formula is C19H33N7. The van der Waals surface area contributed by atoms with Crippen LogP contribution in [-0.4, -0.2) is 44.7 Å². The molecule has 1 unspecified atom stereocenters. The first-order chi connectivity index (χ1) is 12.4. The van der Waals surface area contributed by atoms with Gasteiger partial charge in [0.1, 0.15) is 0 Å². The van der Waals surface area contributed by atoms with Crippen molar-refractivity contribution < 1.29 is 0 Å². The van der Waals surface area contributed by atoms with Gasteiger partial charge in [-0.3, -0.25) is 14.4 Å². The van der Waals surface area contributed by atoms with Crippen LogP contribution in [0, 0.1) is 20.8 Å². The van der Waals surface area contributed by atoms with Gasteiger partial charge in [-0.15, -0.1) is 0 Å². The second-order valence-corrected chi connectivity index (χ2v) is 6.92. The van der Waals surface area contributed by atoms with Crippen molar-refractivity contribution in [2.24, 2.45) is 12.0 Å². The van der Waals surface area contributed by atoms with Gasteiger partial charge in [-0.25, -0.2) is 0 Å². The van der Waals surface area contributed by atoms with Crippen LogP contribution in [0.4, 0.5) is 0 Å².